The van der Waals surface area contributed by atoms with Gasteiger partial charge in [-0.05, 0) is 19.8 Å². The Morgan fingerprint density at radius 3 is 3.33 bits per heavy atom. The molecule has 6 heavy (non-hydrogen) atoms. The Bertz CT molecular complexity index is 228. The van der Waals surface area contributed by atoms with Crippen molar-refractivity contribution >= 4 is 12.4 Å². The average molecular weight is 120 g/mol. The summed E-state index contributed by atoms with van der Waals surface area (Å²) in [6, 6.07) is 0. The van der Waals surface area contributed by atoms with Gasteiger partial charge in [-0.2, -0.15) is 0 Å². The molecule has 0 aromatic heterocycles. The van der Waals surface area contributed by atoms with Crippen molar-refractivity contribution in [3.63, 3.8) is 0 Å². The average Bonchev–Trinajstić information content (AvgIpc) is 1.77. The van der Waals surface area contributed by atoms with Crippen LogP contribution < -0.4 is 5.32 Å². The van der Waals surface area contributed by atoms with E-state index in [1.54, 1.807) is 0 Å². The van der Waals surface area contributed by atoms with Crippen LogP contribution in [0.4, 0.5) is 0 Å². The van der Waals surface area contributed by atoms with Gasteiger partial charge in [-0.1, -0.05) is 6.85 Å². The molecule has 0 fully saturated rings. The van der Waals surface area contributed by atoms with Crippen LogP contribution in [-0.2, 0) is 0 Å². The molecule has 0 radical (unpaired) electrons. The maximum absolute atomic E-state index is 7.10. The van der Waals surface area contributed by atoms with Gasteiger partial charge >= 0.3 is 0 Å². The van der Waals surface area contributed by atoms with Crippen LogP contribution in [0.15, 0.2) is 0 Å². The van der Waals surface area contributed by atoms with Crippen LogP contribution in [0, 0.1) is 0 Å². The minimum Gasteiger partial charge on any atom is -0.320 e. The molecule has 0 spiro atoms. The van der Waals surface area contributed by atoms with Crippen molar-refractivity contribution in [2.75, 3.05) is 13.5 Å². The molecule has 0 atom stereocenters. The van der Waals surface area contributed by atoms with Gasteiger partial charge in [-0.3, -0.25) is 0 Å². The molecule has 0 saturated carbocycles. The summed E-state index contributed by atoms with van der Waals surface area (Å²) in [6.45, 7) is -9.39. The molecule has 1 nitrogen and oxygen atoms in total. The highest BCUT2D eigenvalue weighted by atomic mass is 35.5. The fraction of sp³-hybridized carbons (Fsp3) is 1.00. The Balaban J connectivity index is 0. The van der Waals surface area contributed by atoms with E-state index >= 15 is 0 Å². The van der Waals surface area contributed by atoms with Gasteiger partial charge in [0.25, 0.3) is 0 Å². The maximum Gasteiger partial charge on any atom is 0.0428 e. The van der Waals surface area contributed by atoms with E-state index in [1.165, 1.54) is 5.32 Å². The predicted molar refractivity (Wildman–Crippen MR) is 31.5 cm³/mol. The molecule has 2 heteroatoms. The van der Waals surface area contributed by atoms with Crippen molar-refractivity contribution in [3.8, 4) is 0 Å². The van der Waals surface area contributed by atoms with Crippen LogP contribution in [0.2, 0.25) is 0 Å². The molecule has 0 amide bonds. The minimum absolute atomic E-state index is 0. The van der Waals surface area contributed by atoms with Crippen LogP contribution in [0.25, 0.3) is 0 Å². The van der Waals surface area contributed by atoms with Crippen LogP contribution in [-0.4, -0.2) is 13.5 Å². The number of hydrogen-bond donors (Lipinski definition) is 1. The molecule has 0 aliphatic rings. The smallest absolute Gasteiger partial charge is 0.0428 e. The van der Waals surface area contributed by atoms with Gasteiger partial charge in [0.1, 0.15) is 0 Å². The van der Waals surface area contributed by atoms with E-state index in [0.29, 0.717) is 0 Å². The second-order valence-electron chi connectivity index (χ2n) is 0.375. The molecule has 0 aromatic carbocycles. The van der Waals surface area contributed by atoms with E-state index in [-0.39, 0.29) is 12.4 Å². The van der Waals surface area contributed by atoms with E-state index in [1.807, 2.05) is 0 Å². The highest BCUT2D eigenvalue weighted by molar-refractivity contribution is 5.85. The van der Waals surface area contributed by atoms with Gasteiger partial charge in [-0.15, -0.1) is 12.4 Å². The Kier molecular flexibility index (Phi) is 1.27. The summed E-state index contributed by atoms with van der Waals surface area (Å²) >= 11 is 0. The zero-order valence-electron chi connectivity index (χ0n) is 12.9. The largest absolute Gasteiger partial charge is 0.320 e. The lowest BCUT2D eigenvalue weighted by Crippen LogP contribution is -2.04. The van der Waals surface area contributed by atoms with E-state index in [9.17, 15) is 0 Å². The summed E-state index contributed by atoms with van der Waals surface area (Å²) in [4.78, 5) is 0. The van der Waals surface area contributed by atoms with Crippen molar-refractivity contribution in [1.82, 2.24) is 5.32 Å². The van der Waals surface area contributed by atoms with Crippen LogP contribution in [0.3, 0.4) is 0 Å². The molecule has 0 bridgehead atoms. The molecular formula is C4H12ClN. The first-order valence-electron chi connectivity index (χ1n) is 6.00. The van der Waals surface area contributed by atoms with Gasteiger partial charge in [0.15, 0.2) is 0 Å². The van der Waals surface area contributed by atoms with Crippen LogP contribution in [0.1, 0.15) is 26.9 Å². The zero-order valence-corrected chi connectivity index (χ0v) is 3.72. The monoisotopic (exact) mass is 119 g/mol. The number of halogens is 1. The molecule has 0 heterocycles. The molecule has 0 unspecified atom stereocenters. The summed E-state index contributed by atoms with van der Waals surface area (Å²) in [5.41, 5.74) is 0. The molecule has 0 aliphatic heterocycles. The quantitative estimate of drug-likeness (QED) is 0.573. The lowest BCUT2D eigenvalue weighted by atomic mass is 10.5. The third-order valence-corrected chi connectivity index (χ3v) is 0.125. The zero-order chi connectivity index (χ0) is 12.7. The highest BCUT2D eigenvalue weighted by Gasteiger charge is 1.64. The molecule has 0 aromatic rings. The van der Waals surface area contributed by atoms with Crippen molar-refractivity contribution in [2.24, 2.45) is 0 Å². The predicted octanol–water partition coefficient (Wildman–Crippen LogP) is 1.04. The summed E-state index contributed by atoms with van der Waals surface area (Å²) in [5, 5.41) is 1.34. The van der Waals surface area contributed by atoms with Gasteiger partial charge < -0.3 is 5.32 Å². The van der Waals surface area contributed by atoms with E-state index in [4.69, 9.17) is 13.7 Å². The first kappa shape index (κ1) is 0.848. The molecule has 0 rings (SSSR count). The van der Waals surface area contributed by atoms with Gasteiger partial charge in [-0.25, -0.2) is 0 Å². The summed E-state index contributed by atoms with van der Waals surface area (Å²) in [7, 11) is 0. The fourth-order valence-electron chi connectivity index (χ4n) is 0.0312. The van der Waals surface area contributed by atoms with Gasteiger partial charge in [0.2, 0.25) is 0 Å². The topological polar surface area (TPSA) is 12.0 Å². The number of nitrogens with one attached hydrogen (secondary N) is 1. The Morgan fingerprint density at radius 2 is 2.83 bits per heavy atom. The van der Waals surface area contributed by atoms with E-state index < -0.39 is 26.7 Å². The van der Waals surface area contributed by atoms with Crippen molar-refractivity contribution < 1.29 is 13.7 Å². The Morgan fingerprint density at radius 1 is 2.00 bits per heavy atom. The fourth-order valence-corrected chi connectivity index (χ4v) is 0.0312. The number of hydrogen-bond acceptors (Lipinski definition) is 1. The SMILES string of the molecule is Cl.[2H]C([2H])([2H])NC([2H])([2H])C([2H])([2H])C([2H])([2H])[2H]. The van der Waals surface area contributed by atoms with Gasteiger partial charge in [0.05, 0.1) is 0 Å². The Labute approximate surface area is 59.6 Å². The molecule has 0 saturated heterocycles. The lowest BCUT2D eigenvalue weighted by Gasteiger charge is -1.84. The second kappa shape index (κ2) is 8.98. The summed E-state index contributed by atoms with van der Waals surface area (Å²) in [6.07, 6.45) is -3.30. The minimum atomic E-state index is -3.30. The maximum atomic E-state index is 7.10. The van der Waals surface area contributed by atoms with Crippen LogP contribution >= 0.6 is 12.4 Å². The standard InChI is InChI=1S/C4H11N.ClH/c1-3-4-5-2;/h5H,3-4H2,1-2H3;1H/i1D3,2D3,3D2,4D2;. The van der Waals surface area contributed by atoms with Crippen molar-refractivity contribution in [2.45, 2.75) is 13.2 Å². The number of rotatable bonds is 2. The van der Waals surface area contributed by atoms with Crippen molar-refractivity contribution in [1.29, 1.82) is 0 Å². The molecule has 0 aliphatic carbocycles. The first-order chi connectivity index (χ1) is 6.21. The van der Waals surface area contributed by atoms with Crippen LogP contribution in [0.5, 0.6) is 0 Å². The molecule has 40 valence electrons. The van der Waals surface area contributed by atoms with Crippen molar-refractivity contribution in [3.05, 3.63) is 0 Å². The third kappa shape index (κ3) is 8.87. The normalized spacial score (nSPS) is 40.7. The molecule has 1 N–H and O–H groups in total. The van der Waals surface area contributed by atoms with Gasteiger partial charge in [0, 0.05) is 13.7 Å². The highest BCUT2D eigenvalue weighted by Crippen LogP contribution is 1.62. The summed E-state index contributed by atoms with van der Waals surface area (Å²) in [5.74, 6) is 0. The summed E-state index contributed by atoms with van der Waals surface area (Å²) < 4.78 is 68.8. The van der Waals surface area contributed by atoms with E-state index in [2.05, 4.69) is 0 Å². The van der Waals surface area contributed by atoms with E-state index in [0.717, 1.165) is 0 Å². The third-order valence-electron chi connectivity index (χ3n) is 0.125. The molecular weight excluding hydrogens is 97.5 g/mol. The lowest BCUT2D eigenvalue weighted by molar-refractivity contribution is 0.772. The second-order valence-corrected chi connectivity index (χ2v) is 0.375. The first-order valence-corrected chi connectivity index (χ1v) is 1.00. The Hall–Kier alpha value is 0.250.